The summed E-state index contributed by atoms with van der Waals surface area (Å²) in [5.41, 5.74) is 4.01. The van der Waals surface area contributed by atoms with Gasteiger partial charge in [-0.3, -0.25) is 0 Å². The Morgan fingerprint density at radius 3 is 2.53 bits per heavy atom. The fraction of sp³-hybridized carbons (Fsp3) is 0.167. The molecule has 0 radical (unpaired) electrons. The molecule has 0 aliphatic heterocycles. The Kier molecular flexibility index (Phi) is 3.17. The van der Waals surface area contributed by atoms with Gasteiger partial charge in [0.05, 0.1) is 13.4 Å². The van der Waals surface area contributed by atoms with Crippen molar-refractivity contribution in [3.05, 3.63) is 60.1 Å². The van der Waals surface area contributed by atoms with E-state index < -0.39 is 0 Å². The van der Waals surface area contributed by atoms with Crippen LogP contribution < -0.4 is 5.48 Å². The summed E-state index contributed by atoms with van der Waals surface area (Å²) >= 11 is 0. The standard InChI is InChI=1S/C12H13NO2/c1-14-13-12(11-8-5-9-15-11)10-6-3-2-4-7-10/h2-9,12-13H,1H3. The maximum absolute atomic E-state index is 5.36. The zero-order valence-electron chi connectivity index (χ0n) is 8.51. The van der Waals surface area contributed by atoms with E-state index in [4.69, 9.17) is 9.25 Å². The Hall–Kier alpha value is -1.58. The van der Waals surface area contributed by atoms with Gasteiger partial charge in [-0.2, -0.15) is 5.48 Å². The van der Waals surface area contributed by atoms with Crippen molar-refractivity contribution in [3.63, 3.8) is 0 Å². The van der Waals surface area contributed by atoms with E-state index in [0.29, 0.717) is 0 Å². The van der Waals surface area contributed by atoms with E-state index in [0.717, 1.165) is 11.3 Å². The minimum Gasteiger partial charge on any atom is -0.467 e. The maximum Gasteiger partial charge on any atom is 0.127 e. The number of hydroxylamine groups is 1. The minimum atomic E-state index is -0.0637. The van der Waals surface area contributed by atoms with E-state index >= 15 is 0 Å². The minimum absolute atomic E-state index is 0.0637. The second-order valence-electron chi connectivity index (χ2n) is 3.18. The van der Waals surface area contributed by atoms with Gasteiger partial charge >= 0.3 is 0 Å². The van der Waals surface area contributed by atoms with Crippen LogP contribution in [0.5, 0.6) is 0 Å². The quantitative estimate of drug-likeness (QED) is 0.775. The lowest BCUT2D eigenvalue weighted by Gasteiger charge is -2.14. The van der Waals surface area contributed by atoms with E-state index in [1.807, 2.05) is 42.5 Å². The van der Waals surface area contributed by atoms with Gasteiger partial charge in [0.15, 0.2) is 0 Å². The smallest absolute Gasteiger partial charge is 0.127 e. The van der Waals surface area contributed by atoms with Gasteiger partial charge in [0.1, 0.15) is 11.8 Å². The summed E-state index contributed by atoms with van der Waals surface area (Å²) in [4.78, 5) is 4.97. The lowest BCUT2D eigenvalue weighted by atomic mass is 10.1. The molecule has 0 saturated carbocycles. The van der Waals surface area contributed by atoms with E-state index in [2.05, 4.69) is 5.48 Å². The van der Waals surface area contributed by atoms with Crippen LogP contribution in [-0.4, -0.2) is 7.11 Å². The molecule has 0 fully saturated rings. The molecule has 2 rings (SSSR count). The topological polar surface area (TPSA) is 34.4 Å². The Morgan fingerprint density at radius 1 is 1.13 bits per heavy atom. The molecule has 3 nitrogen and oxygen atoms in total. The largest absolute Gasteiger partial charge is 0.467 e. The van der Waals surface area contributed by atoms with Crippen LogP contribution in [0.15, 0.2) is 53.1 Å². The first-order chi connectivity index (χ1) is 7.42. The molecular weight excluding hydrogens is 190 g/mol. The zero-order valence-corrected chi connectivity index (χ0v) is 8.51. The lowest BCUT2D eigenvalue weighted by Crippen LogP contribution is -2.20. The highest BCUT2D eigenvalue weighted by molar-refractivity contribution is 5.25. The molecule has 1 atom stereocenters. The first kappa shape index (κ1) is 9.96. The van der Waals surface area contributed by atoms with Crippen molar-refractivity contribution < 1.29 is 9.25 Å². The van der Waals surface area contributed by atoms with Crippen molar-refractivity contribution in [1.29, 1.82) is 0 Å². The monoisotopic (exact) mass is 203 g/mol. The second kappa shape index (κ2) is 4.77. The Morgan fingerprint density at radius 2 is 1.93 bits per heavy atom. The summed E-state index contributed by atoms with van der Waals surface area (Å²) in [5, 5.41) is 0. The number of rotatable bonds is 4. The molecule has 3 heteroatoms. The van der Waals surface area contributed by atoms with Gasteiger partial charge in [-0.05, 0) is 17.7 Å². The third kappa shape index (κ3) is 2.26. The fourth-order valence-electron chi connectivity index (χ4n) is 1.51. The van der Waals surface area contributed by atoms with Crippen molar-refractivity contribution in [2.75, 3.05) is 7.11 Å². The fourth-order valence-corrected chi connectivity index (χ4v) is 1.51. The van der Waals surface area contributed by atoms with Crippen LogP contribution in [0.1, 0.15) is 17.4 Å². The molecule has 0 amide bonds. The van der Waals surface area contributed by atoms with Gasteiger partial charge in [-0.15, -0.1) is 0 Å². The molecule has 1 N–H and O–H groups in total. The third-order valence-corrected chi connectivity index (χ3v) is 2.20. The highest BCUT2D eigenvalue weighted by atomic mass is 16.6. The normalized spacial score (nSPS) is 12.6. The van der Waals surface area contributed by atoms with E-state index in [1.54, 1.807) is 13.4 Å². The summed E-state index contributed by atoms with van der Waals surface area (Å²) in [6, 6.07) is 13.7. The Balaban J connectivity index is 2.28. The lowest BCUT2D eigenvalue weighted by molar-refractivity contribution is 0.0657. The van der Waals surface area contributed by atoms with Crippen LogP contribution in [0, 0.1) is 0 Å². The SMILES string of the molecule is CONC(c1ccccc1)c1ccco1. The molecule has 0 bridgehead atoms. The van der Waals surface area contributed by atoms with Crippen molar-refractivity contribution in [1.82, 2.24) is 5.48 Å². The molecule has 0 aliphatic carbocycles. The summed E-state index contributed by atoms with van der Waals surface area (Å²) in [7, 11) is 1.60. The second-order valence-corrected chi connectivity index (χ2v) is 3.18. The molecule has 2 aromatic rings. The van der Waals surface area contributed by atoms with Gasteiger partial charge in [-0.25, -0.2) is 0 Å². The van der Waals surface area contributed by atoms with Crippen molar-refractivity contribution in [2.45, 2.75) is 6.04 Å². The molecule has 15 heavy (non-hydrogen) atoms. The summed E-state index contributed by atoms with van der Waals surface area (Å²) in [6.45, 7) is 0. The van der Waals surface area contributed by atoms with Crippen molar-refractivity contribution in [2.24, 2.45) is 0 Å². The third-order valence-electron chi connectivity index (χ3n) is 2.20. The van der Waals surface area contributed by atoms with E-state index in [9.17, 15) is 0 Å². The zero-order chi connectivity index (χ0) is 10.5. The van der Waals surface area contributed by atoms with E-state index in [-0.39, 0.29) is 6.04 Å². The summed E-state index contributed by atoms with van der Waals surface area (Å²) in [5.74, 6) is 0.836. The van der Waals surface area contributed by atoms with Gasteiger partial charge in [0.2, 0.25) is 0 Å². The highest BCUT2D eigenvalue weighted by Gasteiger charge is 2.15. The Bertz CT molecular complexity index is 383. The van der Waals surface area contributed by atoms with Gasteiger partial charge < -0.3 is 9.25 Å². The van der Waals surface area contributed by atoms with Crippen LogP contribution in [0.2, 0.25) is 0 Å². The van der Waals surface area contributed by atoms with Gasteiger partial charge in [0.25, 0.3) is 0 Å². The number of hydrogen-bond acceptors (Lipinski definition) is 3. The molecule has 1 aromatic heterocycles. The predicted molar refractivity (Wildman–Crippen MR) is 57.1 cm³/mol. The average Bonchev–Trinajstić information content (AvgIpc) is 2.80. The predicted octanol–water partition coefficient (Wildman–Crippen LogP) is 2.52. The molecular formula is C12H13NO2. The summed E-state index contributed by atoms with van der Waals surface area (Å²) < 4.78 is 5.36. The maximum atomic E-state index is 5.36. The number of benzene rings is 1. The molecule has 0 saturated heterocycles. The Labute approximate surface area is 88.6 Å². The van der Waals surface area contributed by atoms with Crippen LogP contribution in [0.25, 0.3) is 0 Å². The number of furan rings is 1. The molecule has 1 unspecified atom stereocenters. The molecule has 1 aromatic carbocycles. The molecule has 0 spiro atoms. The molecule has 0 aliphatic rings. The van der Waals surface area contributed by atoms with Gasteiger partial charge in [0, 0.05) is 0 Å². The van der Waals surface area contributed by atoms with Crippen LogP contribution in [-0.2, 0) is 4.84 Å². The molecule has 1 heterocycles. The van der Waals surface area contributed by atoms with E-state index in [1.165, 1.54) is 0 Å². The average molecular weight is 203 g/mol. The molecule has 78 valence electrons. The number of hydrogen-bond donors (Lipinski definition) is 1. The van der Waals surface area contributed by atoms with Crippen molar-refractivity contribution >= 4 is 0 Å². The van der Waals surface area contributed by atoms with Crippen LogP contribution >= 0.6 is 0 Å². The first-order valence-electron chi connectivity index (χ1n) is 4.78. The van der Waals surface area contributed by atoms with Crippen molar-refractivity contribution in [3.8, 4) is 0 Å². The van der Waals surface area contributed by atoms with Crippen LogP contribution in [0.4, 0.5) is 0 Å². The first-order valence-corrected chi connectivity index (χ1v) is 4.78. The highest BCUT2D eigenvalue weighted by Crippen LogP contribution is 2.21. The van der Waals surface area contributed by atoms with Crippen LogP contribution in [0.3, 0.4) is 0 Å². The summed E-state index contributed by atoms with van der Waals surface area (Å²) in [6.07, 6.45) is 1.66. The number of nitrogens with one attached hydrogen (secondary N) is 1. The van der Waals surface area contributed by atoms with Gasteiger partial charge in [-0.1, -0.05) is 30.3 Å².